The van der Waals surface area contributed by atoms with Gasteiger partial charge in [0.2, 0.25) is 21.8 Å². The number of imidazole rings is 1. The molecule has 0 spiro atoms. The largest absolute Gasteiger partial charge is 0.446 e. The Morgan fingerprint density at radius 3 is 2.39 bits per heavy atom. The van der Waals surface area contributed by atoms with E-state index in [9.17, 15) is 27.6 Å². The molecule has 0 radical (unpaired) electrons. The minimum atomic E-state index is -3.87. The van der Waals surface area contributed by atoms with Crippen LogP contribution in [0, 0.1) is 11.3 Å². The molecule has 6 rings (SSSR count). The van der Waals surface area contributed by atoms with Gasteiger partial charge in [-0.25, -0.2) is 18.2 Å². The number of benzene rings is 1. The molecule has 2 aromatic rings. The summed E-state index contributed by atoms with van der Waals surface area (Å²) in [5.41, 5.74) is -0.606. The van der Waals surface area contributed by atoms with Gasteiger partial charge in [0.15, 0.2) is 0 Å². The van der Waals surface area contributed by atoms with Crippen LogP contribution >= 0.6 is 0 Å². The quantitative estimate of drug-likeness (QED) is 0.301. The van der Waals surface area contributed by atoms with Crippen molar-refractivity contribution in [3.05, 3.63) is 55.5 Å². The summed E-state index contributed by atoms with van der Waals surface area (Å²) in [7, 11) is -3.87. The monoisotopic (exact) mass is 694 g/mol. The van der Waals surface area contributed by atoms with Gasteiger partial charge in [-0.05, 0) is 56.8 Å². The molecule has 3 N–H and O–H groups in total. The standard InChI is InChI=1S/C35H46N6O7S/c1-5-23-18-35(23,32(44)39-49(46,47)26-15-16-26)38-30(42)28-17-24(40-20-27(36-21-40)22-11-7-6-8-12-22)19-41(28)31(43)29(34(2,3)4)37-33(45)48-25-13-9-10-14-25/h5-8,11-12,20-21,23-26,28-29H,1,9-10,13-19H2,2-4H3,(H,37,45)(H,38,42)(H,39,44)/t23-,24-,28+,29?,35-/m1/s1. The van der Waals surface area contributed by atoms with Gasteiger partial charge in [0.25, 0.3) is 5.91 Å². The van der Waals surface area contributed by atoms with Gasteiger partial charge in [-0.2, -0.15) is 0 Å². The lowest BCUT2D eigenvalue weighted by molar-refractivity contribution is -0.142. The van der Waals surface area contributed by atoms with Crippen molar-refractivity contribution in [1.29, 1.82) is 0 Å². The molecule has 264 valence electrons. The molecule has 4 aliphatic rings. The number of ether oxygens (including phenoxy) is 1. The SMILES string of the molecule is C=C[C@@H]1C[C@]1(NC(=O)[C@@H]1C[C@@H](n2cnc(-c3ccccc3)c2)CN1C(=O)C(NC(=O)OC1CCCC1)C(C)(C)C)C(=O)NS(=O)(=O)C1CC1. The first-order valence-electron chi connectivity index (χ1n) is 17.1. The van der Waals surface area contributed by atoms with Crippen molar-refractivity contribution >= 4 is 33.8 Å². The normalized spacial score (nSPS) is 26.1. The summed E-state index contributed by atoms with van der Waals surface area (Å²) in [5.74, 6) is -2.35. The van der Waals surface area contributed by atoms with Crippen LogP contribution in [0.15, 0.2) is 55.5 Å². The minimum absolute atomic E-state index is 0.133. The Balaban J connectivity index is 1.26. The Labute approximate surface area is 287 Å². The van der Waals surface area contributed by atoms with E-state index >= 15 is 0 Å². The number of carbonyl (C=O) groups is 4. The van der Waals surface area contributed by atoms with E-state index in [1.165, 1.54) is 11.0 Å². The lowest BCUT2D eigenvalue weighted by atomic mass is 9.85. The van der Waals surface area contributed by atoms with Gasteiger partial charge in [-0.1, -0.05) is 57.2 Å². The van der Waals surface area contributed by atoms with Crippen molar-refractivity contribution in [2.75, 3.05) is 6.54 Å². The molecule has 14 heteroatoms. The predicted molar refractivity (Wildman–Crippen MR) is 181 cm³/mol. The van der Waals surface area contributed by atoms with Crippen molar-refractivity contribution in [3.8, 4) is 11.3 Å². The lowest BCUT2D eigenvalue weighted by Gasteiger charge is -2.35. The van der Waals surface area contributed by atoms with Gasteiger partial charge in [-0.15, -0.1) is 6.58 Å². The van der Waals surface area contributed by atoms with Crippen LogP contribution in [0.4, 0.5) is 4.79 Å². The molecule has 13 nitrogen and oxygen atoms in total. The number of aromatic nitrogens is 2. The van der Waals surface area contributed by atoms with E-state index in [-0.39, 0.29) is 31.5 Å². The maximum absolute atomic E-state index is 14.5. The number of alkyl carbamates (subject to hydrolysis) is 1. The average molecular weight is 695 g/mol. The van der Waals surface area contributed by atoms with Crippen LogP contribution in [0.5, 0.6) is 0 Å². The molecule has 0 bridgehead atoms. The number of amides is 4. The van der Waals surface area contributed by atoms with Gasteiger partial charge in [0.05, 0.1) is 23.3 Å². The van der Waals surface area contributed by atoms with Crippen LogP contribution in [-0.2, 0) is 29.1 Å². The zero-order valence-electron chi connectivity index (χ0n) is 28.3. The summed E-state index contributed by atoms with van der Waals surface area (Å²) in [6.45, 7) is 9.39. The maximum Gasteiger partial charge on any atom is 0.408 e. The molecule has 4 fully saturated rings. The average Bonchev–Trinajstić information content (AvgIpc) is 3.82. The fourth-order valence-electron chi connectivity index (χ4n) is 6.96. The third-order valence-electron chi connectivity index (χ3n) is 10.2. The number of hydrogen-bond donors (Lipinski definition) is 3. The molecule has 1 saturated heterocycles. The highest BCUT2D eigenvalue weighted by atomic mass is 32.2. The zero-order valence-corrected chi connectivity index (χ0v) is 29.1. The number of rotatable bonds is 11. The lowest BCUT2D eigenvalue weighted by Crippen LogP contribution is -2.60. The molecular weight excluding hydrogens is 648 g/mol. The first kappa shape index (κ1) is 34.7. The van der Waals surface area contributed by atoms with Crippen molar-refractivity contribution in [2.24, 2.45) is 11.3 Å². The highest BCUT2D eigenvalue weighted by Crippen LogP contribution is 2.46. The highest BCUT2D eigenvalue weighted by Gasteiger charge is 2.62. The van der Waals surface area contributed by atoms with E-state index in [1.54, 1.807) is 6.33 Å². The molecule has 49 heavy (non-hydrogen) atoms. The second kappa shape index (κ2) is 13.3. The molecule has 2 heterocycles. The van der Waals surface area contributed by atoms with E-state index in [2.05, 4.69) is 26.9 Å². The zero-order chi connectivity index (χ0) is 35.1. The summed E-state index contributed by atoms with van der Waals surface area (Å²) in [5, 5.41) is 5.00. The van der Waals surface area contributed by atoms with Gasteiger partial charge in [0.1, 0.15) is 23.7 Å². The molecule has 1 aromatic carbocycles. The van der Waals surface area contributed by atoms with Crippen molar-refractivity contribution in [2.45, 2.75) is 107 Å². The van der Waals surface area contributed by atoms with Crippen molar-refractivity contribution in [1.82, 2.24) is 29.8 Å². The van der Waals surface area contributed by atoms with Crippen LogP contribution in [0.25, 0.3) is 11.3 Å². The predicted octanol–water partition coefficient (Wildman–Crippen LogP) is 3.44. The van der Waals surface area contributed by atoms with E-state index in [1.807, 2.05) is 61.9 Å². The molecule has 3 aliphatic carbocycles. The number of nitrogens with one attached hydrogen (secondary N) is 3. The number of nitrogens with zero attached hydrogens (tertiary/aromatic N) is 3. The third-order valence-corrected chi connectivity index (χ3v) is 12.0. The van der Waals surface area contributed by atoms with E-state index in [4.69, 9.17) is 4.74 Å². The first-order valence-corrected chi connectivity index (χ1v) is 18.6. The molecular formula is C35H46N6O7S. The van der Waals surface area contributed by atoms with E-state index < -0.39 is 68.0 Å². The second-order valence-corrected chi connectivity index (χ2v) is 16.9. The first-order chi connectivity index (χ1) is 23.2. The van der Waals surface area contributed by atoms with Crippen LogP contribution < -0.4 is 15.4 Å². The molecule has 1 unspecified atom stereocenters. The van der Waals surface area contributed by atoms with Crippen LogP contribution in [0.3, 0.4) is 0 Å². The highest BCUT2D eigenvalue weighted by molar-refractivity contribution is 7.91. The number of sulfonamides is 1. The van der Waals surface area contributed by atoms with Crippen LogP contribution in [0.2, 0.25) is 0 Å². The van der Waals surface area contributed by atoms with Gasteiger partial charge in [-0.3, -0.25) is 19.1 Å². The fourth-order valence-corrected chi connectivity index (χ4v) is 8.32. The molecule has 5 atom stereocenters. The minimum Gasteiger partial charge on any atom is -0.446 e. The van der Waals surface area contributed by atoms with E-state index in [0.29, 0.717) is 12.8 Å². The molecule has 3 saturated carbocycles. The molecule has 4 amide bonds. The Hall–Kier alpha value is -4.20. The summed E-state index contributed by atoms with van der Waals surface area (Å²) in [6, 6.07) is 7.21. The fraction of sp³-hybridized carbons (Fsp3) is 0.571. The van der Waals surface area contributed by atoms with Crippen molar-refractivity contribution < 1.29 is 32.3 Å². The summed E-state index contributed by atoms with van der Waals surface area (Å²) < 4.78 is 35.0. The Kier molecular flexibility index (Phi) is 9.38. The third kappa shape index (κ3) is 7.38. The van der Waals surface area contributed by atoms with Crippen LogP contribution in [0.1, 0.15) is 78.2 Å². The Morgan fingerprint density at radius 2 is 1.78 bits per heavy atom. The van der Waals surface area contributed by atoms with E-state index in [0.717, 1.165) is 36.9 Å². The summed E-state index contributed by atoms with van der Waals surface area (Å²) >= 11 is 0. The van der Waals surface area contributed by atoms with Gasteiger partial charge >= 0.3 is 6.09 Å². The maximum atomic E-state index is 14.5. The van der Waals surface area contributed by atoms with Crippen molar-refractivity contribution in [3.63, 3.8) is 0 Å². The van der Waals surface area contributed by atoms with Gasteiger partial charge < -0.3 is 24.8 Å². The number of likely N-dealkylation sites (tertiary alicyclic amines) is 1. The summed E-state index contributed by atoms with van der Waals surface area (Å²) in [4.78, 5) is 61.1. The smallest absolute Gasteiger partial charge is 0.408 e. The summed E-state index contributed by atoms with van der Waals surface area (Å²) in [6.07, 6.45) is 9.01. The van der Waals surface area contributed by atoms with Crippen LogP contribution in [-0.4, -0.2) is 82.2 Å². The molecule has 1 aliphatic heterocycles. The second-order valence-electron chi connectivity index (χ2n) is 14.9. The Morgan fingerprint density at radius 1 is 1.08 bits per heavy atom. The topological polar surface area (TPSA) is 169 Å². The number of carbonyl (C=O) groups excluding carboxylic acids is 4. The molecule has 1 aromatic heterocycles. The Bertz CT molecular complexity index is 1710. The number of hydrogen-bond acceptors (Lipinski definition) is 8. The van der Waals surface area contributed by atoms with Gasteiger partial charge in [0, 0.05) is 24.2 Å².